The predicted octanol–water partition coefficient (Wildman–Crippen LogP) is 5.41. The Kier molecular flexibility index (Phi) is 5.34. The summed E-state index contributed by atoms with van der Waals surface area (Å²) in [5, 5.41) is 0. The first-order valence-corrected chi connectivity index (χ1v) is 10.5. The van der Waals surface area contributed by atoms with Gasteiger partial charge in [-0.15, -0.1) is 0 Å². The summed E-state index contributed by atoms with van der Waals surface area (Å²) >= 11 is 10.8. The summed E-state index contributed by atoms with van der Waals surface area (Å²) in [6, 6.07) is 11.1. The molecular weight excluding hydrogens is 484 g/mol. The van der Waals surface area contributed by atoms with Gasteiger partial charge in [-0.05, 0) is 47.9 Å². The van der Waals surface area contributed by atoms with Crippen LogP contribution in [0.25, 0.3) is 0 Å². The molecule has 0 heterocycles. The second kappa shape index (κ2) is 6.52. The molecule has 1 unspecified atom stereocenters. The van der Waals surface area contributed by atoms with E-state index in [4.69, 9.17) is 0 Å². The number of hydrogen-bond acceptors (Lipinski definition) is 2. The van der Waals surface area contributed by atoms with Crippen LogP contribution in [0.2, 0.25) is 0 Å². The van der Waals surface area contributed by atoms with Crippen molar-refractivity contribution in [2.24, 2.45) is 0 Å². The van der Waals surface area contributed by atoms with Crippen LogP contribution in [0.3, 0.4) is 0 Å². The molecule has 0 saturated heterocycles. The molecule has 0 saturated carbocycles. The fourth-order valence-electron chi connectivity index (χ4n) is 1.94. The van der Waals surface area contributed by atoms with Crippen LogP contribution in [0.4, 0.5) is 0 Å². The molecule has 2 aromatic carbocycles. The van der Waals surface area contributed by atoms with Gasteiger partial charge >= 0.3 is 0 Å². The maximum atomic E-state index is 11.7. The topological polar surface area (TPSA) is 34.1 Å². The molecule has 0 aromatic heterocycles. The maximum absolute atomic E-state index is 11.7. The number of rotatable bonds is 3. The van der Waals surface area contributed by atoms with E-state index < -0.39 is 9.84 Å². The second-order valence-corrected chi connectivity index (χ2v) is 9.47. The SMILES string of the molecule is Cc1cc(Br)c(C(Br)c2cccc(S(C)(=O)=O)c2)cc1Br. The molecule has 2 rings (SSSR count). The Morgan fingerprint density at radius 2 is 1.71 bits per heavy atom. The minimum absolute atomic E-state index is 0.0922. The lowest BCUT2D eigenvalue weighted by Gasteiger charge is -2.15. The molecule has 112 valence electrons. The maximum Gasteiger partial charge on any atom is 0.175 e. The summed E-state index contributed by atoms with van der Waals surface area (Å²) in [6.45, 7) is 2.02. The van der Waals surface area contributed by atoms with Crippen molar-refractivity contribution in [1.82, 2.24) is 0 Å². The van der Waals surface area contributed by atoms with Crippen molar-refractivity contribution in [3.8, 4) is 0 Å². The Bertz CT molecular complexity index is 786. The van der Waals surface area contributed by atoms with E-state index in [1.165, 1.54) is 6.26 Å². The van der Waals surface area contributed by atoms with Crippen LogP contribution in [0.1, 0.15) is 21.5 Å². The van der Waals surface area contributed by atoms with Gasteiger partial charge in [0.2, 0.25) is 0 Å². The van der Waals surface area contributed by atoms with E-state index in [0.717, 1.165) is 25.6 Å². The Morgan fingerprint density at radius 3 is 2.33 bits per heavy atom. The molecule has 0 radical (unpaired) electrons. The highest BCUT2D eigenvalue weighted by atomic mass is 79.9. The van der Waals surface area contributed by atoms with E-state index in [9.17, 15) is 8.42 Å². The number of alkyl halides is 1. The fraction of sp³-hybridized carbons (Fsp3) is 0.200. The average molecular weight is 497 g/mol. The number of aryl methyl sites for hydroxylation is 1. The summed E-state index contributed by atoms with van der Waals surface area (Å²) in [5.41, 5.74) is 3.07. The van der Waals surface area contributed by atoms with Gasteiger partial charge in [0.25, 0.3) is 0 Å². The van der Waals surface area contributed by atoms with Crippen LogP contribution in [-0.2, 0) is 9.84 Å². The smallest absolute Gasteiger partial charge is 0.175 e. The van der Waals surface area contributed by atoms with E-state index in [1.807, 2.05) is 25.1 Å². The van der Waals surface area contributed by atoms with E-state index >= 15 is 0 Å². The van der Waals surface area contributed by atoms with Crippen LogP contribution in [0.5, 0.6) is 0 Å². The zero-order valence-corrected chi connectivity index (χ0v) is 17.0. The lowest BCUT2D eigenvalue weighted by atomic mass is 10.0. The van der Waals surface area contributed by atoms with E-state index in [1.54, 1.807) is 18.2 Å². The van der Waals surface area contributed by atoms with Crippen LogP contribution in [0.15, 0.2) is 50.2 Å². The molecule has 0 aliphatic carbocycles. The van der Waals surface area contributed by atoms with Gasteiger partial charge in [0, 0.05) is 15.2 Å². The molecule has 2 nitrogen and oxygen atoms in total. The van der Waals surface area contributed by atoms with Gasteiger partial charge < -0.3 is 0 Å². The molecule has 0 amide bonds. The van der Waals surface area contributed by atoms with Crippen molar-refractivity contribution in [1.29, 1.82) is 0 Å². The Hall–Kier alpha value is -0.170. The third kappa shape index (κ3) is 3.97. The van der Waals surface area contributed by atoms with Crippen molar-refractivity contribution >= 4 is 57.6 Å². The normalized spacial score (nSPS) is 13.2. The molecule has 0 aliphatic rings. The highest BCUT2D eigenvalue weighted by molar-refractivity contribution is 9.11. The zero-order valence-electron chi connectivity index (χ0n) is 11.4. The minimum atomic E-state index is -3.21. The molecule has 0 aliphatic heterocycles. The first-order valence-electron chi connectivity index (χ1n) is 6.10. The Labute approximate surface area is 150 Å². The van der Waals surface area contributed by atoms with Gasteiger partial charge in [0.05, 0.1) is 9.72 Å². The summed E-state index contributed by atoms with van der Waals surface area (Å²) in [4.78, 5) is 0.234. The van der Waals surface area contributed by atoms with Crippen LogP contribution in [0, 0.1) is 6.92 Å². The molecule has 21 heavy (non-hydrogen) atoms. The first kappa shape index (κ1) is 17.2. The first-order chi connectivity index (χ1) is 9.70. The number of sulfone groups is 1. The highest BCUT2D eigenvalue weighted by Gasteiger charge is 2.17. The van der Waals surface area contributed by atoms with Crippen molar-refractivity contribution in [2.45, 2.75) is 16.6 Å². The Morgan fingerprint density at radius 1 is 1.05 bits per heavy atom. The Balaban J connectivity index is 2.50. The van der Waals surface area contributed by atoms with Crippen LogP contribution >= 0.6 is 47.8 Å². The highest BCUT2D eigenvalue weighted by Crippen LogP contribution is 2.38. The average Bonchev–Trinajstić information content (AvgIpc) is 2.41. The summed E-state index contributed by atoms with van der Waals surface area (Å²) < 4.78 is 25.4. The molecule has 0 N–H and O–H groups in total. The summed E-state index contributed by atoms with van der Waals surface area (Å²) in [6.07, 6.45) is 1.22. The van der Waals surface area contributed by atoms with Gasteiger partial charge in [-0.2, -0.15) is 0 Å². The summed E-state index contributed by atoms with van der Waals surface area (Å²) in [5.74, 6) is 0. The van der Waals surface area contributed by atoms with Gasteiger partial charge in [0.1, 0.15) is 0 Å². The van der Waals surface area contributed by atoms with E-state index in [0.29, 0.717) is 4.90 Å². The van der Waals surface area contributed by atoms with Crippen molar-refractivity contribution in [2.75, 3.05) is 6.26 Å². The van der Waals surface area contributed by atoms with Crippen LogP contribution < -0.4 is 0 Å². The molecule has 2 aromatic rings. The predicted molar refractivity (Wildman–Crippen MR) is 96.9 cm³/mol. The third-order valence-electron chi connectivity index (χ3n) is 3.13. The number of hydrogen-bond donors (Lipinski definition) is 0. The van der Waals surface area contributed by atoms with E-state index in [2.05, 4.69) is 47.8 Å². The fourth-order valence-corrected chi connectivity index (χ4v) is 4.63. The van der Waals surface area contributed by atoms with Gasteiger partial charge in [-0.3, -0.25) is 0 Å². The monoisotopic (exact) mass is 494 g/mol. The number of benzene rings is 2. The molecule has 0 spiro atoms. The lowest BCUT2D eigenvalue weighted by Crippen LogP contribution is -2.00. The van der Waals surface area contributed by atoms with Crippen molar-refractivity contribution < 1.29 is 8.42 Å². The largest absolute Gasteiger partial charge is 0.224 e. The molecule has 0 fully saturated rings. The molecule has 0 bridgehead atoms. The number of halogens is 3. The van der Waals surface area contributed by atoms with Gasteiger partial charge in [-0.25, -0.2) is 8.42 Å². The second-order valence-electron chi connectivity index (χ2n) is 4.83. The van der Waals surface area contributed by atoms with Crippen molar-refractivity contribution in [3.05, 3.63) is 62.0 Å². The molecule has 6 heteroatoms. The zero-order chi connectivity index (χ0) is 15.8. The lowest BCUT2D eigenvalue weighted by molar-refractivity contribution is 0.602. The standard InChI is InChI=1S/C15H13Br3O2S/c1-9-6-14(17)12(8-13(9)16)15(18)10-4-3-5-11(7-10)21(2,19)20/h3-8,15H,1-2H3. The quantitative estimate of drug-likeness (QED) is 0.532. The minimum Gasteiger partial charge on any atom is -0.224 e. The van der Waals surface area contributed by atoms with Crippen LogP contribution in [-0.4, -0.2) is 14.7 Å². The van der Waals surface area contributed by atoms with Crippen molar-refractivity contribution in [3.63, 3.8) is 0 Å². The molecule has 1 atom stereocenters. The summed E-state index contributed by atoms with van der Waals surface area (Å²) in [7, 11) is -3.21. The van der Waals surface area contributed by atoms with E-state index in [-0.39, 0.29) is 4.83 Å². The molecular formula is C15H13Br3O2S. The third-order valence-corrected chi connectivity index (χ3v) is 6.80. The van der Waals surface area contributed by atoms with Gasteiger partial charge in [-0.1, -0.05) is 59.9 Å². The van der Waals surface area contributed by atoms with Gasteiger partial charge in [0.15, 0.2) is 9.84 Å².